The van der Waals surface area contributed by atoms with Crippen LogP contribution in [-0.4, -0.2) is 0 Å². The zero-order chi connectivity index (χ0) is 16.7. The third-order valence-electron chi connectivity index (χ3n) is 4.41. The van der Waals surface area contributed by atoms with Crippen molar-refractivity contribution in [2.45, 2.75) is 66.2 Å². The molecule has 0 aliphatic heterocycles. The molecule has 22 heavy (non-hydrogen) atoms. The summed E-state index contributed by atoms with van der Waals surface area (Å²) in [7, 11) is 0. The molecule has 118 valence electrons. The summed E-state index contributed by atoms with van der Waals surface area (Å²) in [5.74, 6) is 0. The number of rotatable bonds is 1. The summed E-state index contributed by atoms with van der Waals surface area (Å²) in [6, 6.07) is 13.4. The molecule has 0 amide bonds. The Balaban J connectivity index is 2.90. The highest BCUT2D eigenvalue weighted by atomic mass is 14.3. The first-order valence-electron chi connectivity index (χ1n) is 8.24. The van der Waals surface area contributed by atoms with Crippen molar-refractivity contribution in [3.05, 3.63) is 58.7 Å². The first kappa shape index (κ1) is 16.8. The Kier molecular flexibility index (Phi) is 4.26. The fraction of sp³-hybridized carbons (Fsp3) is 0.455. The van der Waals surface area contributed by atoms with Crippen molar-refractivity contribution in [2.24, 2.45) is 0 Å². The first-order valence-corrected chi connectivity index (χ1v) is 8.24. The summed E-state index contributed by atoms with van der Waals surface area (Å²) in [4.78, 5) is 0. The van der Waals surface area contributed by atoms with E-state index in [-0.39, 0.29) is 10.8 Å². The van der Waals surface area contributed by atoms with Gasteiger partial charge in [-0.1, -0.05) is 77.9 Å². The maximum atomic E-state index is 2.31. The molecule has 0 saturated carbocycles. The smallest absolute Gasteiger partial charge is 0.0112 e. The van der Waals surface area contributed by atoms with E-state index in [1.807, 2.05) is 0 Å². The van der Waals surface area contributed by atoms with Gasteiger partial charge in [0, 0.05) is 0 Å². The normalized spacial score (nSPS) is 12.5. The lowest BCUT2D eigenvalue weighted by Crippen LogP contribution is -2.17. The minimum atomic E-state index is 0.138. The summed E-state index contributed by atoms with van der Waals surface area (Å²) in [5, 5.41) is 0. The van der Waals surface area contributed by atoms with Crippen molar-refractivity contribution in [3.63, 3.8) is 0 Å². The maximum absolute atomic E-state index is 2.31. The van der Waals surface area contributed by atoms with Crippen LogP contribution in [0.25, 0.3) is 11.1 Å². The molecule has 0 fully saturated rings. The van der Waals surface area contributed by atoms with Crippen LogP contribution in [0.5, 0.6) is 0 Å². The summed E-state index contributed by atoms with van der Waals surface area (Å²) in [6.07, 6.45) is 0. The van der Waals surface area contributed by atoms with Gasteiger partial charge in [-0.3, -0.25) is 0 Å². The molecule has 2 rings (SSSR count). The average Bonchev–Trinajstić information content (AvgIpc) is 2.36. The predicted octanol–water partition coefficient (Wildman–Crippen LogP) is 6.57. The van der Waals surface area contributed by atoms with Crippen LogP contribution < -0.4 is 0 Å². The number of benzene rings is 2. The van der Waals surface area contributed by atoms with E-state index >= 15 is 0 Å². The van der Waals surface area contributed by atoms with Crippen molar-refractivity contribution < 1.29 is 0 Å². The monoisotopic (exact) mass is 294 g/mol. The molecule has 0 bridgehead atoms. The van der Waals surface area contributed by atoms with Crippen LogP contribution in [0.1, 0.15) is 63.8 Å². The molecule has 0 nitrogen and oxygen atoms in total. The van der Waals surface area contributed by atoms with Gasteiger partial charge in [-0.15, -0.1) is 0 Å². The molecule has 0 N–H and O–H groups in total. The van der Waals surface area contributed by atoms with E-state index in [9.17, 15) is 0 Å². The number of hydrogen-bond acceptors (Lipinski definition) is 0. The largest absolute Gasteiger partial charge is 0.0617 e. The number of hydrogen-bond donors (Lipinski definition) is 0. The third kappa shape index (κ3) is 3.11. The van der Waals surface area contributed by atoms with Crippen molar-refractivity contribution in [1.82, 2.24) is 0 Å². The van der Waals surface area contributed by atoms with E-state index in [1.54, 1.807) is 0 Å². The van der Waals surface area contributed by atoms with Crippen LogP contribution in [0.4, 0.5) is 0 Å². The Bertz CT molecular complexity index is 615. The van der Waals surface area contributed by atoms with Crippen molar-refractivity contribution in [2.75, 3.05) is 0 Å². The Morgan fingerprint density at radius 1 is 0.545 bits per heavy atom. The summed E-state index contributed by atoms with van der Waals surface area (Å²) >= 11 is 0. The molecular formula is C22H30. The van der Waals surface area contributed by atoms with Crippen molar-refractivity contribution in [1.29, 1.82) is 0 Å². The summed E-state index contributed by atoms with van der Waals surface area (Å²) in [6.45, 7) is 18.3. The third-order valence-corrected chi connectivity index (χ3v) is 4.41. The lowest BCUT2D eigenvalue weighted by atomic mass is 9.74. The van der Waals surface area contributed by atoms with Crippen LogP contribution >= 0.6 is 0 Å². The minimum Gasteiger partial charge on any atom is -0.0617 e. The molecule has 0 unspecified atom stereocenters. The molecule has 0 aromatic heterocycles. The van der Waals surface area contributed by atoms with Gasteiger partial charge in [0.1, 0.15) is 0 Å². The Morgan fingerprint density at radius 3 is 1.14 bits per heavy atom. The molecule has 0 heteroatoms. The molecule has 0 aliphatic carbocycles. The highest BCUT2D eigenvalue weighted by Gasteiger charge is 2.25. The van der Waals surface area contributed by atoms with Gasteiger partial charge in [-0.05, 0) is 58.1 Å². The van der Waals surface area contributed by atoms with Crippen LogP contribution in [0, 0.1) is 13.8 Å². The van der Waals surface area contributed by atoms with E-state index in [0.29, 0.717) is 0 Å². The molecule has 0 aliphatic rings. The molecule has 2 aromatic carbocycles. The van der Waals surface area contributed by atoms with Gasteiger partial charge in [0.25, 0.3) is 0 Å². The first-order chi connectivity index (χ1) is 10.0. The van der Waals surface area contributed by atoms with Gasteiger partial charge in [0.15, 0.2) is 0 Å². The van der Waals surface area contributed by atoms with Crippen molar-refractivity contribution in [3.8, 4) is 11.1 Å². The van der Waals surface area contributed by atoms with E-state index < -0.39 is 0 Å². The highest BCUT2D eigenvalue weighted by Crippen LogP contribution is 2.41. The zero-order valence-electron chi connectivity index (χ0n) is 15.5. The fourth-order valence-corrected chi connectivity index (χ4v) is 3.25. The zero-order valence-corrected chi connectivity index (χ0v) is 15.5. The minimum absolute atomic E-state index is 0.138. The lowest BCUT2D eigenvalue weighted by molar-refractivity contribution is 0.584. The Morgan fingerprint density at radius 2 is 0.864 bits per heavy atom. The van der Waals surface area contributed by atoms with Crippen LogP contribution in [0.3, 0.4) is 0 Å². The summed E-state index contributed by atoms with van der Waals surface area (Å²) < 4.78 is 0. The summed E-state index contributed by atoms with van der Waals surface area (Å²) in [5.41, 5.74) is 8.74. The van der Waals surface area contributed by atoms with E-state index in [1.165, 1.54) is 33.4 Å². The number of aryl methyl sites for hydroxylation is 2. The van der Waals surface area contributed by atoms with Crippen LogP contribution in [0.2, 0.25) is 0 Å². The van der Waals surface area contributed by atoms with E-state index in [4.69, 9.17) is 0 Å². The topological polar surface area (TPSA) is 0 Å². The maximum Gasteiger partial charge on any atom is -0.0112 e. The van der Waals surface area contributed by atoms with E-state index in [0.717, 1.165) is 0 Å². The molecule has 0 atom stereocenters. The Hall–Kier alpha value is -1.56. The van der Waals surface area contributed by atoms with Gasteiger partial charge in [-0.25, -0.2) is 0 Å². The second kappa shape index (κ2) is 5.57. The predicted molar refractivity (Wildman–Crippen MR) is 98.8 cm³/mol. The van der Waals surface area contributed by atoms with E-state index in [2.05, 4.69) is 91.8 Å². The lowest BCUT2D eigenvalue weighted by Gasteiger charge is -2.30. The second-order valence-electron chi connectivity index (χ2n) is 8.49. The van der Waals surface area contributed by atoms with Gasteiger partial charge in [0.2, 0.25) is 0 Å². The van der Waals surface area contributed by atoms with Gasteiger partial charge in [-0.2, -0.15) is 0 Å². The quantitative estimate of drug-likeness (QED) is 0.558. The standard InChI is InChI=1S/C22H30/c1-15-11-9-13-17(21(3,4)5)19(15)20-16(2)12-10-14-18(20)22(6,7)8/h9-14H,1-8H3. The average molecular weight is 294 g/mol. The second-order valence-corrected chi connectivity index (χ2v) is 8.49. The SMILES string of the molecule is Cc1cccc(C(C)(C)C)c1-c1c(C)cccc1C(C)(C)C. The molecule has 0 saturated heterocycles. The molecule has 0 heterocycles. The van der Waals surface area contributed by atoms with Gasteiger partial charge in [0.05, 0.1) is 0 Å². The molecule has 0 spiro atoms. The van der Waals surface area contributed by atoms with Gasteiger partial charge >= 0.3 is 0 Å². The van der Waals surface area contributed by atoms with Crippen molar-refractivity contribution >= 4 is 0 Å². The van der Waals surface area contributed by atoms with Crippen LogP contribution in [0.15, 0.2) is 36.4 Å². The van der Waals surface area contributed by atoms with Crippen LogP contribution in [-0.2, 0) is 10.8 Å². The Labute approximate surface area is 136 Å². The highest BCUT2D eigenvalue weighted by molar-refractivity contribution is 5.78. The molecule has 2 aromatic rings. The van der Waals surface area contributed by atoms with Gasteiger partial charge < -0.3 is 0 Å². The molecular weight excluding hydrogens is 264 g/mol. The molecule has 0 radical (unpaired) electrons. The fourth-order valence-electron chi connectivity index (χ4n) is 3.25.